The Balaban J connectivity index is 0.000000500. The number of rotatable bonds is 0. The Kier molecular flexibility index (Phi) is 0.514. The zero-order chi connectivity index (χ0) is 11.3. The van der Waals surface area contributed by atoms with Gasteiger partial charge in [0, 0.05) is 12.3 Å². The van der Waals surface area contributed by atoms with Crippen LogP contribution < -0.4 is 0 Å². The number of hydrogen-bond acceptors (Lipinski definition) is 1. The lowest BCUT2D eigenvalue weighted by molar-refractivity contribution is 0.824. The maximum atomic E-state index is 7.07. The van der Waals surface area contributed by atoms with E-state index < -0.39 is 30.5 Å². The molecule has 0 radical (unpaired) electrons. The fraction of sp³-hybridized carbons (Fsp3) is 0. The van der Waals surface area contributed by atoms with E-state index in [9.17, 15) is 0 Å². The molecule has 0 atom stereocenters. The molecule has 2 N–H and O–H groups in total. The lowest BCUT2D eigenvalue weighted by Gasteiger charge is -1.70. The first-order valence-electron chi connectivity index (χ1n) is 4.76. The Bertz CT molecular complexity index is 291. The molecule has 2 heteroatoms. The third-order valence-electron chi connectivity index (χ3n) is 0.349. The van der Waals surface area contributed by atoms with Crippen LogP contribution in [0.1, 0.15) is 6.85 Å². The Labute approximate surface area is 52.1 Å². The molecule has 1 rings (SSSR count). The van der Waals surface area contributed by atoms with Crippen LogP contribution in [0, 0.1) is 0 Å². The van der Waals surface area contributed by atoms with E-state index in [4.69, 9.17) is 9.72 Å². The lowest BCUT2D eigenvalue weighted by atomic mass is 10.5. The summed E-state index contributed by atoms with van der Waals surface area (Å²) in [6, 6.07) is -1.20. The standard InChI is InChI=1S/C5H5N.H2O/c1-2-4-6-5-3-1;/h1-5H;1H2/i1D,2D,3D,4D,5D;/hD2. The van der Waals surface area contributed by atoms with Crippen LogP contribution in [-0.4, -0.2) is 13.3 Å². The third-order valence-corrected chi connectivity index (χ3v) is 0.349. The summed E-state index contributed by atoms with van der Waals surface area (Å²) in [6.07, 6.45) is -0.841. The SMILES string of the molecule is [2H]O[2H].[2H]c1nc([2H])c([2H])c([2H])c1[2H]. The molecule has 1 aromatic heterocycles. The Morgan fingerprint density at radius 3 is 2.57 bits per heavy atom. The number of nitrogens with zero attached hydrogens (tertiary/aromatic N) is 1. The summed E-state index contributed by atoms with van der Waals surface area (Å²) in [5.74, 6) is 0. The molecule has 0 spiro atoms. The number of hydrogen-bond donors (Lipinski definition) is 0. The smallest absolute Gasteiger partial charge is 0.206 e. The molecule has 0 aliphatic carbocycles. The maximum absolute atomic E-state index is 7.07. The van der Waals surface area contributed by atoms with E-state index in [0.29, 0.717) is 0 Å². The average Bonchev–Trinajstić information content (AvgIpc) is 2.13. The van der Waals surface area contributed by atoms with E-state index in [-0.39, 0.29) is 0 Å². The maximum Gasteiger partial charge on any atom is 0.206 e. The second-order valence-electron chi connectivity index (χ2n) is 0.710. The van der Waals surface area contributed by atoms with Crippen molar-refractivity contribution in [3.8, 4) is 0 Å². The quantitative estimate of drug-likeness (QED) is 0.465. The van der Waals surface area contributed by atoms with Gasteiger partial charge in [0.2, 0.25) is 2.86 Å². The molecule has 1 aromatic rings. The van der Waals surface area contributed by atoms with Gasteiger partial charge in [0.1, 0.15) is 0 Å². The molecule has 0 saturated carbocycles. The van der Waals surface area contributed by atoms with Crippen LogP contribution in [-0.2, 0) is 0 Å². The molecule has 0 bridgehead atoms. The molecular weight excluding hydrogens is 90.1 g/mol. The molecule has 0 aliphatic heterocycles. The van der Waals surface area contributed by atoms with E-state index in [0.717, 1.165) is 0 Å². The molecule has 1 heterocycles. The van der Waals surface area contributed by atoms with Gasteiger partial charge in [-0.15, -0.1) is 0 Å². The largest absolute Gasteiger partial charge is 0.412 e. The van der Waals surface area contributed by atoms with Crippen LogP contribution in [0.5, 0.6) is 0 Å². The van der Waals surface area contributed by atoms with Crippen molar-refractivity contribution in [3.63, 3.8) is 0 Å². The van der Waals surface area contributed by atoms with Crippen molar-refractivity contribution in [2.75, 3.05) is 0 Å². The summed E-state index contributed by atoms with van der Waals surface area (Å²) in [5, 5.41) is 0. The number of aromatic nitrogens is 1. The molecule has 0 aromatic carbocycles. The predicted octanol–water partition coefficient (Wildman–Crippen LogP) is 0.257. The zero-order valence-electron chi connectivity index (χ0n) is 10.4. The molecule has 0 fully saturated rings. The first kappa shape index (κ1) is 1.09. The van der Waals surface area contributed by atoms with Gasteiger partial charge in [0.05, 0.1) is 6.85 Å². The monoisotopic (exact) mass is 104 g/mol. The van der Waals surface area contributed by atoms with Gasteiger partial charge < -0.3 is 5.48 Å². The first-order valence-corrected chi connectivity index (χ1v) is 1.45. The predicted molar refractivity (Wildman–Crippen MR) is 27.9 cm³/mol. The van der Waals surface area contributed by atoms with Crippen LogP contribution in [0.2, 0.25) is 0 Å². The van der Waals surface area contributed by atoms with Crippen molar-refractivity contribution in [1.29, 1.82) is 2.86 Å². The normalized spacial score (nSPS) is 19.7. The summed E-state index contributed by atoms with van der Waals surface area (Å²) in [5.41, 5.74) is 2.75. The van der Waals surface area contributed by atoms with E-state index in [1.165, 1.54) is 0 Å². The van der Waals surface area contributed by atoms with Gasteiger partial charge >= 0.3 is 0 Å². The zero-order valence-corrected chi connectivity index (χ0v) is 3.36. The molecule has 7 heavy (non-hydrogen) atoms. The van der Waals surface area contributed by atoms with Crippen LogP contribution >= 0.6 is 0 Å². The number of pyridine rings is 1. The second-order valence-corrected chi connectivity index (χ2v) is 0.710. The van der Waals surface area contributed by atoms with E-state index >= 15 is 0 Å². The minimum absolute atomic E-state index is 0.397. The fourth-order valence-electron chi connectivity index (χ4n) is 0.171. The molecule has 0 amide bonds. The average molecular weight is 104 g/mol. The van der Waals surface area contributed by atoms with E-state index in [1.54, 1.807) is 0 Å². The highest BCUT2D eigenvalue weighted by Gasteiger charge is 1.58. The van der Waals surface area contributed by atoms with Gasteiger partial charge in [-0.25, -0.2) is 0 Å². The van der Waals surface area contributed by atoms with Crippen LogP contribution in [0.15, 0.2) is 30.5 Å². The van der Waals surface area contributed by atoms with Crippen LogP contribution in [0.25, 0.3) is 0 Å². The molecule has 0 unspecified atom stereocenters. The van der Waals surface area contributed by atoms with E-state index in [1.807, 2.05) is 0 Å². The highest BCUT2D eigenvalue weighted by Crippen LogP contribution is 1.73. The van der Waals surface area contributed by atoms with Crippen LogP contribution in [0.4, 0.5) is 0 Å². The van der Waals surface area contributed by atoms with Crippen molar-refractivity contribution in [1.82, 2.24) is 4.98 Å². The minimum Gasteiger partial charge on any atom is -0.412 e. The van der Waals surface area contributed by atoms with E-state index in [2.05, 4.69) is 10.5 Å². The third kappa shape index (κ3) is 1.89. The van der Waals surface area contributed by atoms with Crippen molar-refractivity contribution < 1.29 is 12.3 Å². The van der Waals surface area contributed by atoms with Gasteiger partial charge in [0.15, 0.2) is 0 Å². The lowest BCUT2D eigenvalue weighted by Crippen LogP contribution is -1.58. The molecule has 38 valence electrons. The fourth-order valence-corrected chi connectivity index (χ4v) is 0.171. The van der Waals surface area contributed by atoms with Gasteiger partial charge in [-0.2, -0.15) is 0 Å². The van der Waals surface area contributed by atoms with Crippen molar-refractivity contribution in [2.45, 2.75) is 0 Å². The minimum atomic E-state index is -0.420. The second kappa shape index (κ2) is 3.31. The van der Waals surface area contributed by atoms with Gasteiger partial charge in [-0.05, 0) is 12.1 Å². The molecule has 2 nitrogen and oxygen atoms in total. The van der Waals surface area contributed by atoms with Crippen molar-refractivity contribution >= 4 is 0 Å². The van der Waals surface area contributed by atoms with Gasteiger partial charge in [0.25, 0.3) is 0 Å². The summed E-state index contributed by atoms with van der Waals surface area (Å²) >= 11 is 0. The van der Waals surface area contributed by atoms with Crippen LogP contribution in [0.3, 0.4) is 0 Å². The van der Waals surface area contributed by atoms with Gasteiger partial charge in [-0.1, -0.05) is 6.04 Å². The summed E-state index contributed by atoms with van der Waals surface area (Å²) in [6.45, 7) is 0. The summed E-state index contributed by atoms with van der Waals surface area (Å²) < 4.78 is 45.9. The Morgan fingerprint density at radius 2 is 2.00 bits per heavy atom. The molecular formula is C5H7NO. The first-order chi connectivity index (χ1) is 6.45. The van der Waals surface area contributed by atoms with Crippen molar-refractivity contribution in [3.05, 3.63) is 30.5 Å². The highest BCUT2D eigenvalue weighted by atomic mass is 16.0. The molecule has 0 saturated heterocycles. The van der Waals surface area contributed by atoms with Gasteiger partial charge in [-0.3, -0.25) is 4.98 Å². The molecule has 0 aliphatic rings. The Morgan fingerprint density at radius 1 is 1.43 bits per heavy atom. The Hall–Kier alpha value is -0.890. The van der Waals surface area contributed by atoms with Crippen molar-refractivity contribution in [2.24, 2.45) is 0 Å². The topological polar surface area (TPSA) is 44.4 Å². The summed E-state index contributed by atoms with van der Waals surface area (Å²) in [7, 11) is 0. The highest BCUT2D eigenvalue weighted by molar-refractivity contribution is 4.88. The summed E-state index contributed by atoms with van der Waals surface area (Å²) in [4.78, 5) is 3.27.